The molecule has 1 rings (SSSR count). The molecule has 0 aromatic rings. The molecule has 0 unspecified atom stereocenters. The zero-order valence-corrected chi connectivity index (χ0v) is 3.52. The van der Waals surface area contributed by atoms with Crippen LogP contribution in [0.4, 0.5) is 0 Å². The summed E-state index contributed by atoms with van der Waals surface area (Å²) in [5.41, 5.74) is 0. The Labute approximate surface area is 38.1 Å². The monoisotopic (exact) mass is 81.1 g/mol. The van der Waals surface area contributed by atoms with Gasteiger partial charge in [-0.2, -0.15) is 0 Å². The smallest absolute Gasteiger partial charge is 0.0463 e. The summed E-state index contributed by atoms with van der Waals surface area (Å²) in [5.74, 6) is 0. The largest absolute Gasteiger partial charge is 0.386 e. The van der Waals surface area contributed by atoms with Gasteiger partial charge in [-0.3, -0.25) is 0 Å². The Morgan fingerprint density at radius 3 is 2.67 bits per heavy atom. The average molecular weight is 81.1 g/mol. The third-order valence-electron chi connectivity index (χ3n) is 0.700. The number of allylic oxidation sites excluding steroid dienone is 1. The van der Waals surface area contributed by atoms with Crippen molar-refractivity contribution in [3.05, 3.63) is 25.2 Å². The van der Waals surface area contributed by atoms with Crippen molar-refractivity contribution in [1.82, 2.24) is 5.32 Å². The van der Waals surface area contributed by atoms with Gasteiger partial charge in [0.2, 0.25) is 0 Å². The Kier molecular flexibility index (Phi) is 1.15. The molecule has 0 atom stereocenters. The molecule has 0 aliphatic carbocycles. The molecule has 1 heterocycles. The molecule has 0 bridgehead atoms. The van der Waals surface area contributed by atoms with Crippen LogP contribution in [-0.4, -0.2) is 0 Å². The van der Waals surface area contributed by atoms with Gasteiger partial charge in [0.1, 0.15) is 0 Å². The lowest BCUT2D eigenvalue weighted by Crippen LogP contribution is -2.03. The van der Waals surface area contributed by atoms with E-state index in [1.165, 1.54) is 0 Å². The molecule has 6 heavy (non-hydrogen) atoms. The van der Waals surface area contributed by atoms with Crippen molar-refractivity contribution in [1.29, 1.82) is 0 Å². The predicted molar refractivity (Wildman–Crippen MR) is 25.5 cm³/mol. The highest BCUT2D eigenvalue weighted by Crippen LogP contribution is 1.94. The minimum Gasteiger partial charge on any atom is -0.386 e. The maximum Gasteiger partial charge on any atom is 0.0463 e. The van der Waals surface area contributed by atoms with E-state index in [2.05, 4.69) is 11.7 Å². The highest BCUT2D eigenvalue weighted by molar-refractivity contribution is 5.01. The minimum absolute atomic E-state index is 1.05. The zero-order valence-electron chi connectivity index (χ0n) is 3.52. The summed E-state index contributed by atoms with van der Waals surface area (Å²) < 4.78 is 0. The van der Waals surface area contributed by atoms with Crippen LogP contribution in [0.3, 0.4) is 0 Å². The molecule has 2 radical (unpaired) electrons. The lowest BCUT2D eigenvalue weighted by molar-refractivity contribution is 0.927. The molecule has 32 valence electrons. The summed E-state index contributed by atoms with van der Waals surface area (Å²) in [7, 11) is 0. The van der Waals surface area contributed by atoms with Crippen LogP contribution in [0.5, 0.6) is 0 Å². The lowest BCUT2D eigenvalue weighted by Gasteiger charge is -2.00. The topological polar surface area (TPSA) is 12.0 Å². The van der Waals surface area contributed by atoms with E-state index < -0.39 is 0 Å². The first-order valence-electron chi connectivity index (χ1n) is 2.06. The van der Waals surface area contributed by atoms with Crippen molar-refractivity contribution in [3.8, 4) is 0 Å². The third-order valence-corrected chi connectivity index (χ3v) is 0.700. The standard InChI is InChI=1S/C5H7N/c1-2-4-6-5-3-1/h1-2,4-6H,3H2. The molecule has 0 fully saturated rings. The van der Waals surface area contributed by atoms with Gasteiger partial charge in [0, 0.05) is 6.54 Å². The number of nitrogens with one attached hydrogen (secondary N) is 1. The minimum atomic E-state index is 1.05. The summed E-state index contributed by atoms with van der Waals surface area (Å²) in [6.07, 6.45) is 7.05. The zero-order chi connectivity index (χ0) is 4.24. The van der Waals surface area contributed by atoms with Gasteiger partial charge in [0.05, 0.1) is 0 Å². The van der Waals surface area contributed by atoms with Crippen LogP contribution in [0.15, 0.2) is 12.3 Å². The van der Waals surface area contributed by atoms with Crippen LogP contribution in [0.25, 0.3) is 0 Å². The Bertz CT molecular complexity index is 49.0. The van der Waals surface area contributed by atoms with E-state index in [0.29, 0.717) is 0 Å². The Morgan fingerprint density at radius 2 is 2.50 bits per heavy atom. The van der Waals surface area contributed by atoms with Gasteiger partial charge in [-0.1, -0.05) is 6.08 Å². The molecule has 1 heteroatoms. The summed E-state index contributed by atoms with van der Waals surface area (Å²) in [6.45, 7) is 2.00. The van der Waals surface area contributed by atoms with Crippen LogP contribution in [-0.2, 0) is 0 Å². The lowest BCUT2D eigenvalue weighted by atomic mass is 10.2. The second-order valence-corrected chi connectivity index (χ2v) is 1.20. The van der Waals surface area contributed by atoms with E-state index in [1.807, 2.05) is 18.8 Å². The molecule has 1 aliphatic rings. The van der Waals surface area contributed by atoms with Crippen LogP contribution < -0.4 is 5.32 Å². The summed E-state index contributed by atoms with van der Waals surface area (Å²) in [5, 5.41) is 2.95. The molecular weight excluding hydrogens is 74.1 g/mol. The summed E-state index contributed by atoms with van der Waals surface area (Å²) in [6, 6.07) is 0. The van der Waals surface area contributed by atoms with E-state index in [-0.39, 0.29) is 0 Å². The van der Waals surface area contributed by atoms with Crippen molar-refractivity contribution in [2.24, 2.45) is 0 Å². The van der Waals surface area contributed by atoms with Crippen molar-refractivity contribution < 1.29 is 0 Å². The van der Waals surface area contributed by atoms with E-state index in [4.69, 9.17) is 0 Å². The molecule has 0 spiro atoms. The molecule has 0 aromatic carbocycles. The molecule has 0 aromatic heterocycles. The first kappa shape index (κ1) is 3.72. The second-order valence-electron chi connectivity index (χ2n) is 1.20. The first-order chi connectivity index (χ1) is 3.00. The predicted octanol–water partition coefficient (Wildman–Crippen LogP) is 0.859. The second kappa shape index (κ2) is 1.85. The fourth-order valence-electron chi connectivity index (χ4n) is 0.406. The maximum atomic E-state index is 2.95. The maximum absolute atomic E-state index is 2.95. The average Bonchev–Trinajstić information content (AvgIpc) is 1.72. The SMILES string of the molecule is [CH]1C=CN[CH]C1. The normalized spacial score (nSPS) is 20.0. The molecular formula is C5H7N. The quantitative estimate of drug-likeness (QED) is 0.456. The van der Waals surface area contributed by atoms with E-state index in [9.17, 15) is 0 Å². The van der Waals surface area contributed by atoms with Gasteiger partial charge in [-0.25, -0.2) is 0 Å². The Hall–Kier alpha value is -0.460. The Balaban J connectivity index is 2.26. The van der Waals surface area contributed by atoms with Gasteiger partial charge in [-0.15, -0.1) is 0 Å². The van der Waals surface area contributed by atoms with Crippen LogP contribution in [0.2, 0.25) is 0 Å². The van der Waals surface area contributed by atoms with Crippen LogP contribution in [0, 0.1) is 13.0 Å². The fourth-order valence-corrected chi connectivity index (χ4v) is 0.406. The summed E-state index contributed by atoms with van der Waals surface area (Å²) in [4.78, 5) is 0. The molecule has 1 N–H and O–H groups in total. The van der Waals surface area contributed by atoms with Crippen molar-refractivity contribution >= 4 is 0 Å². The number of hydrogen-bond donors (Lipinski definition) is 1. The number of hydrogen-bond acceptors (Lipinski definition) is 1. The van der Waals surface area contributed by atoms with Gasteiger partial charge in [-0.05, 0) is 19.0 Å². The van der Waals surface area contributed by atoms with Crippen molar-refractivity contribution in [2.75, 3.05) is 0 Å². The van der Waals surface area contributed by atoms with E-state index >= 15 is 0 Å². The van der Waals surface area contributed by atoms with Crippen LogP contribution in [0.1, 0.15) is 6.42 Å². The number of rotatable bonds is 0. The molecule has 0 saturated carbocycles. The third kappa shape index (κ3) is 0.744. The molecule has 1 nitrogen and oxygen atoms in total. The highest BCUT2D eigenvalue weighted by atomic mass is 14.8. The molecule has 0 saturated heterocycles. The molecule has 0 amide bonds. The van der Waals surface area contributed by atoms with E-state index in [1.54, 1.807) is 0 Å². The van der Waals surface area contributed by atoms with Crippen molar-refractivity contribution in [2.45, 2.75) is 6.42 Å². The van der Waals surface area contributed by atoms with E-state index in [0.717, 1.165) is 6.42 Å². The fraction of sp³-hybridized carbons (Fsp3) is 0.200. The first-order valence-corrected chi connectivity index (χ1v) is 2.06. The summed E-state index contributed by atoms with van der Waals surface area (Å²) >= 11 is 0. The van der Waals surface area contributed by atoms with Gasteiger partial charge >= 0.3 is 0 Å². The highest BCUT2D eigenvalue weighted by Gasteiger charge is 1.86. The van der Waals surface area contributed by atoms with Gasteiger partial charge < -0.3 is 5.32 Å². The molecule has 1 aliphatic heterocycles. The Morgan fingerprint density at radius 1 is 1.50 bits per heavy atom. The van der Waals surface area contributed by atoms with Crippen LogP contribution >= 0.6 is 0 Å². The van der Waals surface area contributed by atoms with Gasteiger partial charge in [0.25, 0.3) is 0 Å². The van der Waals surface area contributed by atoms with Gasteiger partial charge in [0.15, 0.2) is 0 Å². The van der Waals surface area contributed by atoms with Crippen molar-refractivity contribution in [3.63, 3.8) is 0 Å².